The van der Waals surface area contributed by atoms with Crippen molar-refractivity contribution in [2.24, 2.45) is 0 Å². The van der Waals surface area contributed by atoms with Crippen LogP contribution in [0.25, 0.3) is 0 Å². The van der Waals surface area contributed by atoms with Gasteiger partial charge in [0.15, 0.2) is 0 Å². The van der Waals surface area contributed by atoms with Gasteiger partial charge in [-0.25, -0.2) is 4.79 Å². The van der Waals surface area contributed by atoms with E-state index < -0.39 is 0 Å². The van der Waals surface area contributed by atoms with Gasteiger partial charge in [-0.15, -0.1) is 0 Å². The normalized spacial score (nSPS) is 14.2. The van der Waals surface area contributed by atoms with Gasteiger partial charge in [0, 0.05) is 13.1 Å². The van der Waals surface area contributed by atoms with Gasteiger partial charge in [-0.1, -0.05) is 42.5 Å². The second-order valence-electron chi connectivity index (χ2n) is 5.84. The molecule has 4 amide bonds. The summed E-state index contributed by atoms with van der Waals surface area (Å²) < 4.78 is 0. The lowest BCUT2D eigenvalue weighted by Gasteiger charge is -2.17. The monoisotopic (exact) mass is 337 g/mol. The molecule has 0 saturated heterocycles. The van der Waals surface area contributed by atoms with Crippen LogP contribution >= 0.6 is 0 Å². The Morgan fingerprint density at radius 2 is 1.52 bits per heavy atom. The number of hydrogen-bond donors (Lipinski definition) is 2. The molecule has 3 rings (SSSR count). The summed E-state index contributed by atoms with van der Waals surface area (Å²) >= 11 is 0. The molecule has 0 spiro atoms. The number of fused-ring (bicyclic) bond motifs is 1. The molecule has 0 bridgehead atoms. The Labute approximate surface area is 145 Å². The van der Waals surface area contributed by atoms with Gasteiger partial charge in [0.05, 0.1) is 17.2 Å². The summed E-state index contributed by atoms with van der Waals surface area (Å²) in [6.45, 7) is 2.22. The van der Waals surface area contributed by atoms with Crippen LogP contribution in [0.1, 0.15) is 39.2 Å². The molecule has 0 radical (unpaired) electrons. The Morgan fingerprint density at radius 3 is 2.12 bits per heavy atom. The Balaban J connectivity index is 1.50. The van der Waals surface area contributed by atoms with Crippen LogP contribution in [0, 0.1) is 0 Å². The predicted molar refractivity (Wildman–Crippen MR) is 93.2 cm³/mol. The van der Waals surface area contributed by atoms with Crippen LogP contribution in [0.2, 0.25) is 0 Å². The van der Waals surface area contributed by atoms with Crippen molar-refractivity contribution in [1.29, 1.82) is 0 Å². The van der Waals surface area contributed by atoms with E-state index in [1.54, 1.807) is 24.3 Å². The van der Waals surface area contributed by atoms with Gasteiger partial charge >= 0.3 is 6.03 Å². The first-order valence-electron chi connectivity index (χ1n) is 8.12. The Kier molecular flexibility index (Phi) is 4.79. The van der Waals surface area contributed by atoms with Crippen LogP contribution in [0.3, 0.4) is 0 Å². The fourth-order valence-corrected chi connectivity index (χ4v) is 2.80. The Hall–Kier alpha value is -3.15. The summed E-state index contributed by atoms with van der Waals surface area (Å²) in [6, 6.07) is 15.9. The molecule has 25 heavy (non-hydrogen) atoms. The minimum Gasteiger partial charge on any atom is -0.336 e. The van der Waals surface area contributed by atoms with Crippen LogP contribution in [0.4, 0.5) is 4.79 Å². The number of carbonyl (C=O) groups is 3. The van der Waals surface area contributed by atoms with E-state index in [9.17, 15) is 14.4 Å². The van der Waals surface area contributed by atoms with E-state index in [1.165, 1.54) is 0 Å². The maximum Gasteiger partial charge on any atom is 0.315 e. The third kappa shape index (κ3) is 3.52. The summed E-state index contributed by atoms with van der Waals surface area (Å²) in [6.07, 6.45) is 0. The summed E-state index contributed by atoms with van der Waals surface area (Å²) in [4.78, 5) is 37.6. The van der Waals surface area contributed by atoms with Crippen LogP contribution in [-0.2, 0) is 0 Å². The van der Waals surface area contributed by atoms with Gasteiger partial charge in [-0.3, -0.25) is 14.5 Å². The van der Waals surface area contributed by atoms with Gasteiger partial charge in [0.2, 0.25) is 0 Å². The first-order chi connectivity index (χ1) is 12.1. The van der Waals surface area contributed by atoms with Crippen molar-refractivity contribution in [1.82, 2.24) is 15.5 Å². The number of nitrogens with zero attached hydrogens (tertiary/aromatic N) is 1. The number of imide groups is 1. The van der Waals surface area contributed by atoms with Crippen molar-refractivity contribution >= 4 is 17.8 Å². The molecule has 1 aliphatic heterocycles. The molecule has 1 heterocycles. The zero-order valence-electron chi connectivity index (χ0n) is 13.9. The quantitative estimate of drug-likeness (QED) is 0.822. The van der Waals surface area contributed by atoms with Crippen LogP contribution < -0.4 is 10.6 Å². The highest BCUT2D eigenvalue weighted by molar-refractivity contribution is 6.21. The number of nitrogens with one attached hydrogen (secondary N) is 2. The van der Waals surface area contributed by atoms with Crippen molar-refractivity contribution < 1.29 is 14.4 Å². The first-order valence-corrected chi connectivity index (χ1v) is 8.12. The van der Waals surface area contributed by atoms with Gasteiger partial charge in [0.1, 0.15) is 0 Å². The fraction of sp³-hybridized carbons (Fsp3) is 0.211. The average Bonchev–Trinajstić information content (AvgIpc) is 2.87. The summed E-state index contributed by atoms with van der Waals surface area (Å²) in [7, 11) is 0. The Morgan fingerprint density at radius 1 is 0.960 bits per heavy atom. The third-order valence-corrected chi connectivity index (χ3v) is 4.15. The summed E-state index contributed by atoms with van der Waals surface area (Å²) in [5, 5.41) is 5.50. The van der Waals surface area contributed by atoms with Crippen molar-refractivity contribution in [3.05, 3.63) is 71.3 Å². The summed E-state index contributed by atoms with van der Waals surface area (Å²) in [5.74, 6) is -0.638. The van der Waals surface area contributed by atoms with Crippen LogP contribution in [0.5, 0.6) is 0 Å². The van der Waals surface area contributed by atoms with Crippen LogP contribution in [0.15, 0.2) is 54.6 Å². The van der Waals surface area contributed by atoms with Crippen molar-refractivity contribution in [3.8, 4) is 0 Å². The topological polar surface area (TPSA) is 78.5 Å². The van der Waals surface area contributed by atoms with E-state index in [-0.39, 0.29) is 37.0 Å². The second kappa shape index (κ2) is 7.17. The molecule has 2 aromatic carbocycles. The first kappa shape index (κ1) is 16.7. The molecule has 0 aliphatic carbocycles. The fourth-order valence-electron chi connectivity index (χ4n) is 2.80. The minimum atomic E-state index is -0.340. The number of hydrogen-bond acceptors (Lipinski definition) is 3. The van der Waals surface area contributed by atoms with Gasteiger partial charge in [-0.2, -0.15) is 0 Å². The number of rotatable bonds is 5. The SMILES string of the molecule is CC(NC(=O)NCCN1C(=O)c2ccccc2C1=O)c1ccccc1. The second-order valence-corrected chi connectivity index (χ2v) is 5.84. The zero-order chi connectivity index (χ0) is 17.8. The highest BCUT2D eigenvalue weighted by atomic mass is 16.2. The molecule has 128 valence electrons. The smallest absolute Gasteiger partial charge is 0.315 e. The molecule has 0 aromatic heterocycles. The maximum absolute atomic E-state index is 12.2. The molecule has 6 nitrogen and oxygen atoms in total. The molecule has 6 heteroatoms. The van der Waals surface area contributed by atoms with Crippen molar-refractivity contribution in [2.75, 3.05) is 13.1 Å². The minimum absolute atomic E-state index is 0.138. The lowest BCUT2D eigenvalue weighted by molar-refractivity contribution is 0.0656. The molecule has 1 atom stereocenters. The molecular formula is C19H19N3O3. The number of amides is 4. The lowest BCUT2D eigenvalue weighted by atomic mass is 10.1. The van der Waals surface area contributed by atoms with E-state index in [4.69, 9.17) is 0 Å². The average molecular weight is 337 g/mol. The number of carbonyl (C=O) groups excluding carboxylic acids is 3. The molecule has 2 N–H and O–H groups in total. The van der Waals surface area contributed by atoms with Gasteiger partial charge in [-0.05, 0) is 24.6 Å². The maximum atomic E-state index is 12.2. The lowest BCUT2D eigenvalue weighted by Crippen LogP contribution is -2.42. The molecule has 0 fully saturated rings. The number of benzene rings is 2. The summed E-state index contributed by atoms with van der Waals surface area (Å²) in [5.41, 5.74) is 1.82. The van der Waals surface area contributed by atoms with Crippen molar-refractivity contribution in [3.63, 3.8) is 0 Å². The van der Waals surface area contributed by atoms with Crippen molar-refractivity contribution in [2.45, 2.75) is 13.0 Å². The Bertz CT molecular complexity index is 770. The highest BCUT2D eigenvalue weighted by Gasteiger charge is 2.34. The molecular weight excluding hydrogens is 318 g/mol. The molecule has 1 unspecified atom stereocenters. The van der Waals surface area contributed by atoms with E-state index in [2.05, 4.69) is 10.6 Å². The van der Waals surface area contributed by atoms with Gasteiger partial charge < -0.3 is 10.6 Å². The zero-order valence-corrected chi connectivity index (χ0v) is 13.9. The highest BCUT2D eigenvalue weighted by Crippen LogP contribution is 2.21. The van der Waals surface area contributed by atoms with E-state index in [1.807, 2.05) is 37.3 Å². The molecule has 2 aromatic rings. The largest absolute Gasteiger partial charge is 0.336 e. The molecule has 1 aliphatic rings. The van der Waals surface area contributed by atoms with E-state index in [0.717, 1.165) is 10.5 Å². The van der Waals surface area contributed by atoms with Crippen LogP contribution in [-0.4, -0.2) is 35.8 Å². The predicted octanol–water partition coefficient (Wildman–Crippen LogP) is 2.34. The van der Waals surface area contributed by atoms with E-state index in [0.29, 0.717) is 11.1 Å². The standard InChI is InChI=1S/C19H19N3O3/c1-13(14-7-3-2-4-8-14)21-19(25)20-11-12-22-17(23)15-9-5-6-10-16(15)18(22)24/h2-10,13H,11-12H2,1H3,(H2,20,21,25). The third-order valence-electron chi connectivity index (χ3n) is 4.15. The van der Waals surface area contributed by atoms with Gasteiger partial charge in [0.25, 0.3) is 11.8 Å². The number of urea groups is 1. The molecule has 0 saturated carbocycles. The van der Waals surface area contributed by atoms with E-state index >= 15 is 0 Å².